The standard InChI is InChI=1S/C41H54O11/c1-12-26(29-15-19-32(43)34(24-29)48-37(45)51-40(6,7)8)22-30(27-13-17-31(42)18-14-27)21-25(2)28-16-20-33(47-36(44)50-39(3,4)5)35(23-28)49-38(46)52-41(9,10)11/h13-20,23-26,30,42-43H,12,21-22H2,1-11H3. The van der Waals surface area contributed by atoms with E-state index in [1.54, 1.807) is 98.7 Å². The Kier molecular flexibility index (Phi) is 13.6. The molecular weight excluding hydrogens is 668 g/mol. The zero-order valence-corrected chi connectivity index (χ0v) is 32.2. The minimum Gasteiger partial charge on any atom is -0.508 e. The van der Waals surface area contributed by atoms with E-state index in [9.17, 15) is 24.6 Å². The number of rotatable bonds is 11. The molecule has 3 unspecified atom stereocenters. The van der Waals surface area contributed by atoms with Crippen molar-refractivity contribution < 1.29 is 53.0 Å². The third-order valence-electron chi connectivity index (χ3n) is 7.80. The molecule has 3 rings (SSSR count). The molecule has 0 heterocycles. The normalized spacial score (nSPS) is 13.7. The highest BCUT2D eigenvalue weighted by molar-refractivity contribution is 5.70. The number of benzene rings is 3. The van der Waals surface area contributed by atoms with E-state index >= 15 is 0 Å². The average molecular weight is 723 g/mol. The van der Waals surface area contributed by atoms with Gasteiger partial charge in [-0.15, -0.1) is 0 Å². The van der Waals surface area contributed by atoms with Crippen molar-refractivity contribution in [3.05, 3.63) is 77.4 Å². The van der Waals surface area contributed by atoms with E-state index in [4.69, 9.17) is 28.4 Å². The van der Waals surface area contributed by atoms with Gasteiger partial charge < -0.3 is 38.6 Å². The van der Waals surface area contributed by atoms with Gasteiger partial charge in [-0.25, -0.2) is 14.4 Å². The Hall–Kier alpha value is -4.93. The van der Waals surface area contributed by atoms with E-state index in [0.717, 1.165) is 23.1 Å². The summed E-state index contributed by atoms with van der Waals surface area (Å²) in [5.41, 5.74) is 0.294. The van der Waals surface area contributed by atoms with E-state index in [1.807, 2.05) is 25.1 Å². The third kappa shape index (κ3) is 13.7. The van der Waals surface area contributed by atoms with Crippen molar-refractivity contribution in [3.8, 4) is 28.7 Å². The zero-order valence-electron chi connectivity index (χ0n) is 32.2. The number of ether oxygens (including phenoxy) is 6. The van der Waals surface area contributed by atoms with Crippen molar-refractivity contribution in [2.45, 2.75) is 130 Å². The minimum atomic E-state index is -0.956. The van der Waals surface area contributed by atoms with Gasteiger partial charge >= 0.3 is 18.5 Å². The van der Waals surface area contributed by atoms with Crippen LogP contribution in [0.2, 0.25) is 0 Å². The summed E-state index contributed by atoms with van der Waals surface area (Å²) in [5, 5.41) is 20.5. The van der Waals surface area contributed by atoms with Crippen molar-refractivity contribution in [2.24, 2.45) is 0 Å². The number of phenols is 2. The molecule has 11 heteroatoms. The van der Waals surface area contributed by atoms with Crippen LogP contribution in [0.5, 0.6) is 28.7 Å². The van der Waals surface area contributed by atoms with Gasteiger partial charge in [-0.05, 0) is 152 Å². The summed E-state index contributed by atoms with van der Waals surface area (Å²) in [5.74, 6) is -0.177. The van der Waals surface area contributed by atoms with Gasteiger partial charge in [0.15, 0.2) is 23.0 Å². The monoisotopic (exact) mass is 722 g/mol. The molecule has 0 aliphatic heterocycles. The Morgan fingerprint density at radius 1 is 0.558 bits per heavy atom. The predicted molar refractivity (Wildman–Crippen MR) is 197 cm³/mol. The average Bonchev–Trinajstić information content (AvgIpc) is 2.98. The van der Waals surface area contributed by atoms with Crippen molar-refractivity contribution in [1.82, 2.24) is 0 Å². The first kappa shape index (κ1) is 41.5. The van der Waals surface area contributed by atoms with Crippen LogP contribution in [0.15, 0.2) is 60.7 Å². The molecule has 0 saturated heterocycles. The Morgan fingerprint density at radius 2 is 1.00 bits per heavy atom. The molecule has 0 radical (unpaired) electrons. The van der Waals surface area contributed by atoms with Gasteiger partial charge in [0.25, 0.3) is 0 Å². The van der Waals surface area contributed by atoms with Gasteiger partial charge in [0.2, 0.25) is 0 Å². The maximum Gasteiger partial charge on any atom is 0.514 e. The smallest absolute Gasteiger partial charge is 0.508 e. The van der Waals surface area contributed by atoms with E-state index < -0.39 is 35.3 Å². The van der Waals surface area contributed by atoms with Crippen LogP contribution in [0, 0.1) is 0 Å². The Balaban J connectivity index is 1.95. The maximum absolute atomic E-state index is 12.7. The topological polar surface area (TPSA) is 147 Å². The van der Waals surface area contributed by atoms with Crippen LogP contribution < -0.4 is 14.2 Å². The van der Waals surface area contributed by atoms with Crippen LogP contribution in [0.3, 0.4) is 0 Å². The first-order valence-electron chi connectivity index (χ1n) is 17.5. The van der Waals surface area contributed by atoms with Crippen molar-refractivity contribution in [3.63, 3.8) is 0 Å². The first-order chi connectivity index (χ1) is 24.0. The van der Waals surface area contributed by atoms with Crippen molar-refractivity contribution >= 4 is 18.5 Å². The molecule has 0 aromatic heterocycles. The number of hydrogen-bond acceptors (Lipinski definition) is 11. The zero-order chi connectivity index (χ0) is 39.0. The van der Waals surface area contributed by atoms with Crippen LogP contribution in [0.25, 0.3) is 0 Å². The molecule has 3 aromatic rings. The molecule has 3 atom stereocenters. The summed E-state index contributed by atoms with van der Waals surface area (Å²) in [6, 6.07) is 17.1. The highest BCUT2D eigenvalue weighted by Gasteiger charge is 2.27. The molecule has 0 aliphatic carbocycles. The Labute approximate surface area is 307 Å². The quantitative estimate of drug-likeness (QED) is 0.111. The molecule has 0 bridgehead atoms. The summed E-state index contributed by atoms with van der Waals surface area (Å²) < 4.78 is 32.4. The van der Waals surface area contributed by atoms with Crippen LogP contribution in [0.4, 0.5) is 14.4 Å². The number of carbonyl (C=O) groups is 3. The lowest BCUT2D eigenvalue weighted by atomic mass is 9.78. The second-order valence-corrected chi connectivity index (χ2v) is 15.9. The van der Waals surface area contributed by atoms with Gasteiger partial charge in [0, 0.05) is 0 Å². The largest absolute Gasteiger partial charge is 0.514 e. The van der Waals surface area contributed by atoms with Gasteiger partial charge in [-0.3, -0.25) is 0 Å². The number of hydrogen-bond donors (Lipinski definition) is 2. The fraction of sp³-hybridized carbons (Fsp3) is 0.488. The lowest BCUT2D eigenvalue weighted by Gasteiger charge is -2.27. The molecule has 11 nitrogen and oxygen atoms in total. The molecule has 52 heavy (non-hydrogen) atoms. The molecule has 0 spiro atoms. The number of aromatic hydroxyl groups is 2. The molecule has 0 fully saturated rings. The van der Waals surface area contributed by atoms with E-state index in [2.05, 4.69) is 6.92 Å². The minimum absolute atomic E-state index is 0.00122. The third-order valence-corrected chi connectivity index (χ3v) is 7.80. The summed E-state index contributed by atoms with van der Waals surface area (Å²) in [6.45, 7) is 19.6. The molecule has 0 amide bonds. The summed E-state index contributed by atoms with van der Waals surface area (Å²) >= 11 is 0. The number of phenolic OH excluding ortho intramolecular Hbond substituents is 2. The first-order valence-corrected chi connectivity index (χ1v) is 17.5. The van der Waals surface area contributed by atoms with Crippen LogP contribution in [0.1, 0.15) is 130 Å². The summed E-state index contributed by atoms with van der Waals surface area (Å²) in [7, 11) is 0. The van der Waals surface area contributed by atoms with Crippen LogP contribution in [-0.2, 0) is 14.2 Å². The van der Waals surface area contributed by atoms with Crippen LogP contribution in [-0.4, -0.2) is 45.5 Å². The Morgan fingerprint density at radius 3 is 1.50 bits per heavy atom. The van der Waals surface area contributed by atoms with Gasteiger partial charge in [-0.2, -0.15) is 0 Å². The van der Waals surface area contributed by atoms with Crippen molar-refractivity contribution in [2.75, 3.05) is 0 Å². The maximum atomic E-state index is 12.7. The van der Waals surface area contributed by atoms with E-state index in [-0.39, 0.29) is 46.5 Å². The van der Waals surface area contributed by atoms with E-state index in [1.165, 1.54) is 6.07 Å². The van der Waals surface area contributed by atoms with Gasteiger partial charge in [0.1, 0.15) is 22.6 Å². The summed E-state index contributed by atoms with van der Waals surface area (Å²) in [6.07, 6.45) is -0.773. The lowest BCUT2D eigenvalue weighted by molar-refractivity contribution is 0.0137. The Bertz CT molecular complexity index is 1670. The predicted octanol–water partition coefficient (Wildman–Crippen LogP) is 10.9. The molecular formula is C41H54O11. The molecule has 0 aliphatic rings. The van der Waals surface area contributed by atoms with Gasteiger partial charge in [-0.1, -0.05) is 38.1 Å². The van der Waals surface area contributed by atoms with Crippen molar-refractivity contribution in [1.29, 1.82) is 0 Å². The number of carbonyl (C=O) groups excluding carboxylic acids is 3. The second kappa shape index (κ2) is 17.1. The van der Waals surface area contributed by atoms with Crippen LogP contribution >= 0.6 is 0 Å². The molecule has 3 aromatic carbocycles. The molecule has 0 saturated carbocycles. The molecule has 284 valence electrons. The molecule has 2 N–H and O–H groups in total. The lowest BCUT2D eigenvalue weighted by Crippen LogP contribution is -2.27. The SMILES string of the molecule is CCC(CC(CC(C)c1ccc(OC(=O)OC(C)(C)C)c(OC(=O)OC(C)(C)C)c1)c1ccc(O)cc1)c1ccc(O)c(OC(=O)OC(C)(C)C)c1. The fourth-order valence-electron chi connectivity index (χ4n) is 5.50. The highest BCUT2D eigenvalue weighted by Crippen LogP contribution is 2.42. The second-order valence-electron chi connectivity index (χ2n) is 15.9. The highest BCUT2D eigenvalue weighted by atomic mass is 16.8. The van der Waals surface area contributed by atoms with E-state index in [0.29, 0.717) is 12.8 Å². The van der Waals surface area contributed by atoms with Gasteiger partial charge in [0.05, 0.1) is 0 Å². The summed E-state index contributed by atoms with van der Waals surface area (Å²) in [4.78, 5) is 37.7. The fourth-order valence-corrected chi connectivity index (χ4v) is 5.50.